The Morgan fingerprint density at radius 1 is 1.50 bits per heavy atom. The van der Waals surface area contributed by atoms with Gasteiger partial charge < -0.3 is 5.73 Å². The van der Waals surface area contributed by atoms with Gasteiger partial charge in [0.1, 0.15) is 0 Å². The molecule has 0 saturated heterocycles. The van der Waals surface area contributed by atoms with Crippen LogP contribution in [0, 0.1) is 0 Å². The standard InChI is InChI=1S/C11H16BrNS/c1-2-10(6-7-13)14-11-5-3-4-9(12)8-11/h3-5,8,10H,2,6-7,13H2,1H3. The highest BCUT2D eigenvalue weighted by atomic mass is 79.9. The van der Waals surface area contributed by atoms with E-state index in [9.17, 15) is 0 Å². The molecule has 1 unspecified atom stereocenters. The fraction of sp³-hybridized carbons (Fsp3) is 0.455. The molecule has 0 aliphatic heterocycles. The number of nitrogens with two attached hydrogens (primary N) is 1. The highest BCUT2D eigenvalue weighted by Gasteiger charge is 2.06. The van der Waals surface area contributed by atoms with Crippen LogP contribution in [0.4, 0.5) is 0 Å². The van der Waals surface area contributed by atoms with Crippen LogP contribution in [0.5, 0.6) is 0 Å². The first-order valence-corrected chi connectivity index (χ1v) is 6.55. The van der Waals surface area contributed by atoms with Crippen LogP contribution >= 0.6 is 27.7 Å². The van der Waals surface area contributed by atoms with Crippen molar-refractivity contribution in [2.24, 2.45) is 5.73 Å². The maximum atomic E-state index is 5.57. The summed E-state index contributed by atoms with van der Waals surface area (Å²) in [6, 6.07) is 8.42. The van der Waals surface area contributed by atoms with Gasteiger partial charge in [-0.25, -0.2) is 0 Å². The molecule has 0 spiro atoms. The Hall–Kier alpha value is 0.01000. The average Bonchev–Trinajstić information content (AvgIpc) is 2.17. The Morgan fingerprint density at radius 2 is 2.29 bits per heavy atom. The highest BCUT2D eigenvalue weighted by molar-refractivity contribution is 9.10. The second-order valence-electron chi connectivity index (χ2n) is 3.18. The molecule has 0 aliphatic rings. The third kappa shape index (κ3) is 4.03. The van der Waals surface area contributed by atoms with Crippen molar-refractivity contribution in [3.05, 3.63) is 28.7 Å². The molecule has 1 atom stereocenters. The fourth-order valence-electron chi connectivity index (χ4n) is 1.27. The van der Waals surface area contributed by atoms with E-state index in [0.29, 0.717) is 5.25 Å². The van der Waals surface area contributed by atoms with Gasteiger partial charge in [-0.15, -0.1) is 11.8 Å². The zero-order valence-electron chi connectivity index (χ0n) is 8.37. The fourth-order valence-corrected chi connectivity index (χ4v) is 2.97. The van der Waals surface area contributed by atoms with E-state index in [4.69, 9.17) is 5.73 Å². The normalized spacial score (nSPS) is 12.8. The second kappa shape index (κ2) is 6.49. The molecule has 0 bridgehead atoms. The van der Waals surface area contributed by atoms with Gasteiger partial charge in [-0.1, -0.05) is 28.9 Å². The topological polar surface area (TPSA) is 26.0 Å². The molecule has 1 aromatic carbocycles. The number of benzene rings is 1. The lowest BCUT2D eigenvalue weighted by atomic mass is 10.2. The molecule has 0 heterocycles. The van der Waals surface area contributed by atoms with E-state index in [-0.39, 0.29) is 0 Å². The SMILES string of the molecule is CCC(CCN)Sc1cccc(Br)c1. The van der Waals surface area contributed by atoms with Crippen molar-refractivity contribution in [1.29, 1.82) is 0 Å². The van der Waals surface area contributed by atoms with Crippen molar-refractivity contribution in [2.75, 3.05) is 6.54 Å². The first-order valence-electron chi connectivity index (χ1n) is 4.88. The van der Waals surface area contributed by atoms with Crippen LogP contribution in [0.1, 0.15) is 19.8 Å². The van der Waals surface area contributed by atoms with Gasteiger partial charge in [-0.2, -0.15) is 0 Å². The minimum Gasteiger partial charge on any atom is -0.330 e. The average molecular weight is 274 g/mol. The van der Waals surface area contributed by atoms with E-state index >= 15 is 0 Å². The molecule has 1 nitrogen and oxygen atoms in total. The van der Waals surface area contributed by atoms with Crippen LogP contribution in [0.25, 0.3) is 0 Å². The molecule has 0 aliphatic carbocycles. The van der Waals surface area contributed by atoms with Crippen LogP contribution in [0.15, 0.2) is 33.6 Å². The van der Waals surface area contributed by atoms with Gasteiger partial charge >= 0.3 is 0 Å². The molecule has 78 valence electrons. The largest absolute Gasteiger partial charge is 0.330 e. The predicted octanol–water partition coefficient (Wildman–Crippen LogP) is 3.67. The van der Waals surface area contributed by atoms with Crippen LogP contribution in [0.2, 0.25) is 0 Å². The number of hydrogen-bond donors (Lipinski definition) is 1. The summed E-state index contributed by atoms with van der Waals surface area (Å²) in [5.74, 6) is 0. The Balaban J connectivity index is 2.57. The van der Waals surface area contributed by atoms with Gasteiger partial charge in [-0.3, -0.25) is 0 Å². The van der Waals surface area contributed by atoms with Crippen LogP contribution in [-0.4, -0.2) is 11.8 Å². The molecule has 2 N–H and O–H groups in total. The Labute approximate surface area is 98.6 Å². The van der Waals surface area contributed by atoms with Crippen molar-refractivity contribution in [1.82, 2.24) is 0 Å². The Morgan fingerprint density at radius 3 is 2.86 bits per heavy atom. The molecule has 14 heavy (non-hydrogen) atoms. The lowest BCUT2D eigenvalue weighted by Crippen LogP contribution is -2.09. The Bertz CT molecular complexity index is 278. The number of thioether (sulfide) groups is 1. The summed E-state index contributed by atoms with van der Waals surface area (Å²) in [6.07, 6.45) is 2.27. The van der Waals surface area contributed by atoms with Crippen molar-refractivity contribution in [2.45, 2.75) is 29.9 Å². The molecular formula is C11H16BrNS. The summed E-state index contributed by atoms with van der Waals surface area (Å²) in [7, 11) is 0. The molecule has 3 heteroatoms. The summed E-state index contributed by atoms with van der Waals surface area (Å²) < 4.78 is 1.14. The number of hydrogen-bond acceptors (Lipinski definition) is 2. The summed E-state index contributed by atoms with van der Waals surface area (Å²) in [5, 5.41) is 0.648. The minimum absolute atomic E-state index is 0.648. The number of halogens is 1. The lowest BCUT2D eigenvalue weighted by Gasteiger charge is -2.13. The first-order chi connectivity index (χ1) is 6.76. The first kappa shape index (κ1) is 12.1. The number of rotatable bonds is 5. The van der Waals surface area contributed by atoms with E-state index in [1.165, 1.54) is 11.3 Å². The van der Waals surface area contributed by atoms with E-state index < -0.39 is 0 Å². The maximum Gasteiger partial charge on any atom is 0.0186 e. The van der Waals surface area contributed by atoms with E-state index in [0.717, 1.165) is 17.4 Å². The molecule has 1 aromatic rings. The van der Waals surface area contributed by atoms with Gasteiger partial charge in [0.2, 0.25) is 0 Å². The third-order valence-corrected chi connectivity index (χ3v) is 3.96. The summed E-state index contributed by atoms with van der Waals surface area (Å²) >= 11 is 5.39. The van der Waals surface area contributed by atoms with E-state index in [1.54, 1.807) is 0 Å². The van der Waals surface area contributed by atoms with E-state index in [2.05, 4.69) is 41.1 Å². The zero-order chi connectivity index (χ0) is 10.4. The van der Waals surface area contributed by atoms with Crippen LogP contribution in [-0.2, 0) is 0 Å². The van der Waals surface area contributed by atoms with E-state index in [1.807, 2.05) is 17.8 Å². The second-order valence-corrected chi connectivity index (χ2v) is 5.47. The van der Waals surface area contributed by atoms with Gasteiger partial charge in [0, 0.05) is 14.6 Å². The van der Waals surface area contributed by atoms with Crippen molar-refractivity contribution in [3.63, 3.8) is 0 Å². The molecule has 0 fully saturated rings. The van der Waals surface area contributed by atoms with Crippen LogP contribution in [0.3, 0.4) is 0 Å². The predicted molar refractivity (Wildman–Crippen MR) is 67.7 cm³/mol. The smallest absolute Gasteiger partial charge is 0.0186 e. The highest BCUT2D eigenvalue weighted by Crippen LogP contribution is 2.28. The molecule has 0 radical (unpaired) electrons. The Kier molecular flexibility index (Phi) is 5.60. The molecule has 0 amide bonds. The summed E-state index contributed by atoms with van der Waals surface area (Å²) in [5.41, 5.74) is 5.57. The third-order valence-electron chi connectivity index (χ3n) is 2.04. The summed E-state index contributed by atoms with van der Waals surface area (Å²) in [6.45, 7) is 2.99. The zero-order valence-corrected chi connectivity index (χ0v) is 10.8. The molecule has 0 saturated carbocycles. The van der Waals surface area contributed by atoms with Gasteiger partial charge in [0.15, 0.2) is 0 Å². The lowest BCUT2D eigenvalue weighted by molar-refractivity contribution is 0.745. The molecule has 1 rings (SSSR count). The van der Waals surface area contributed by atoms with Gasteiger partial charge in [0.25, 0.3) is 0 Å². The molecular weight excluding hydrogens is 258 g/mol. The summed E-state index contributed by atoms with van der Waals surface area (Å²) in [4.78, 5) is 1.32. The van der Waals surface area contributed by atoms with Gasteiger partial charge in [0.05, 0.1) is 0 Å². The van der Waals surface area contributed by atoms with Crippen molar-refractivity contribution in [3.8, 4) is 0 Å². The van der Waals surface area contributed by atoms with Gasteiger partial charge in [-0.05, 0) is 37.6 Å². The quantitative estimate of drug-likeness (QED) is 0.829. The maximum absolute atomic E-state index is 5.57. The van der Waals surface area contributed by atoms with Crippen molar-refractivity contribution >= 4 is 27.7 Å². The minimum atomic E-state index is 0.648. The molecule has 0 aromatic heterocycles. The monoisotopic (exact) mass is 273 g/mol. The van der Waals surface area contributed by atoms with Crippen LogP contribution < -0.4 is 5.73 Å². The van der Waals surface area contributed by atoms with Crippen molar-refractivity contribution < 1.29 is 0 Å².